The molecule has 78 valence electrons. The molecule has 1 fully saturated rings. The lowest BCUT2D eigenvalue weighted by Gasteiger charge is -2.45. The lowest BCUT2D eigenvalue weighted by atomic mass is 9.90. The highest BCUT2D eigenvalue weighted by atomic mass is 16.7. The molecular formula is C8H16O5. The van der Waals surface area contributed by atoms with Gasteiger partial charge in [0.2, 0.25) is 0 Å². The molecule has 3 N–H and O–H groups in total. The zero-order valence-corrected chi connectivity index (χ0v) is 7.97. The third-order valence-corrected chi connectivity index (χ3v) is 2.32. The van der Waals surface area contributed by atoms with Crippen molar-refractivity contribution in [1.82, 2.24) is 0 Å². The summed E-state index contributed by atoms with van der Waals surface area (Å²) in [6.07, 6.45) is -4.47. The fourth-order valence-electron chi connectivity index (χ4n) is 1.63. The molecule has 1 aliphatic heterocycles. The lowest BCUT2D eigenvalue weighted by Crippen LogP contribution is -2.62. The molecular weight excluding hydrogens is 176 g/mol. The predicted molar refractivity (Wildman–Crippen MR) is 44.0 cm³/mol. The lowest BCUT2D eigenvalue weighted by molar-refractivity contribution is -0.314. The van der Waals surface area contributed by atoms with Gasteiger partial charge in [0.15, 0.2) is 6.29 Å². The number of methoxy groups -OCH3 is 1. The Balaban J connectivity index is 2.82. The molecule has 5 nitrogen and oxygen atoms in total. The summed E-state index contributed by atoms with van der Waals surface area (Å²) in [5.74, 6) is 0. The fourth-order valence-corrected chi connectivity index (χ4v) is 1.63. The molecule has 0 aromatic carbocycles. The minimum Gasteiger partial charge on any atom is -0.387 e. The smallest absolute Gasteiger partial charge is 0.184 e. The standard InChI is InChI=1S/C8H16O5/c1-8(2)6(12-3)4(9)5(10)7(11)13-8/h4-7,9-11H,1-3H3/t4-,5+,6-,7+/m0/s1. The van der Waals surface area contributed by atoms with Crippen LogP contribution in [-0.4, -0.2) is 52.6 Å². The van der Waals surface area contributed by atoms with Gasteiger partial charge in [-0.05, 0) is 13.8 Å². The van der Waals surface area contributed by atoms with E-state index >= 15 is 0 Å². The first kappa shape index (κ1) is 10.9. The Bertz CT molecular complexity index is 181. The van der Waals surface area contributed by atoms with Crippen molar-refractivity contribution >= 4 is 0 Å². The molecule has 13 heavy (non-hydrogen) atoms. The van der Waals surface area contributed by atoms with Gasteiger partial charge in [0.25, 0.3) is 0 Å². The van der Waals surface area contributed by atoms with Crippen LogP contribution in [0.3, 0.4) is 0 Å². The number of ether oxygens (including phenoxy) is 2. The van der Waals surface area contributed by atoms with Crippen LogP contribution < -0.4 is 0 Å². The van der Waals surface area contributed by atoms with Crippen molar-refractivity contribution in [1.29, 1.82) is 0 Å². The van der Waals surface area contributed by atoms with Crippen LogP contribution in [0.25, 0.3) is 0 Å². The van der Waals surface area contributed by atoms with Gasteiger partial charge in [-0.15, -0.1) is 0 Å². The molecule has 0 saturated carbocycles. The van der Waals surface area contributed by atoms with E-state index in [4.69, 9.17) is 9.47 Å². The number of aliphatic hydroxyl groups excluding tert-OH is 3. The van der Waals surface area contributed by atoms with E-state index in [1.165, 1.54) is 7.11 Å². The van der Waals surface area contributed by atoms with E-state index in [0.717, 1.165) is 0 Å². The Morgan fingerprint density at radius 1 is 1.15 bits per heavy atom. The summed E-state index contributed by atoms with van der Waals surface area (Å²) in [5.41, 5.74) is -0.813. The van der Waals surface area contributed by atoms with Gasteiger partial charge in [-0.25, -0.2) is 0 Å². The minimum atomic E-state index is -1.36. The van der Waals surface area contributed by atoms with Crippen LogP contribution in [-0.2, 0) is 9.47 Å². The SMILES string of the molecule is CO[C@H]1[C@@H](O)[C@@H](O)[C@H](O)OC1(C)C. The molecule has 1 aliphatic rings. The van der Waals surface area contributed by atoms with Crippen LogP contribution in [0.5, 0.6) is 0 Å². The first-order valence-corrected chi connectivity index (χ1v) is 4.15. The van der Waals surface area contributed by atoms with Gasteiger partial charge in [0.1, 0.15) is 18.3 Å². The first-order valence-electron chi connectivity index (χ1n) is 4.15. The molecule has 1 rings (SSSR count). The van der Waals surface area contributed by atoms with Gasteiger partial charge >= 0.3 is 0 Å². The van der Waals surface area contributed by atoms with Crippen molar-refractivity contribution in [3.8, 4) is 0 Å². The molecule has 5 heteroatoms. The number of hydrogen-bond acceptors (Lipinski definition) is 5. The second kappa shape index (κ2) is 3.51. The van der Waals surface area contributed by atoms with Crippen LogP contribution in [0.1, 0.15) is 13.8 Å². The maximum absolute atomic E-state index is 9.53. The van der Waals surface area contributed by atoms with Crippen molar-refractivity contribution in [2.45, 2.75) is 44.1 Å². The summed E-state index contributed by atoms with van der Waals surface area (Å²) >= 11 is 0. The molecule has 0 bridgehead atoms. The first-order chi connectivity index (χ1) is 5.90. The maximum Gasteiger partial charge on any atom is 0.184 e. The molecule has 0 amide bonds. The van der Waals surface area contributed by atoms with E-state index in [2.05, 4.69) is 0 Å². The third kappa shape index (κ3) is 1.84. The zero-order valence-electron chi connectivity index (χ0n) is 7.97. The summed E-state index contributed by atoms with van der Waals surface area (Å²) < 4.78 is 10.1. The van der Waals surface area contributed by atoms with Crippen LogP contribution in [0.15, 0.2) is 0 Å². The Kier molecular flexibility index (Phi) is 2.94. The highest BCUT2D eigenvalue weighted by Gasteiger charge is 2.48. The van der Waals surface area contributed by atoms with Gasteiger partial charge in [-0.2, -0.15) is 0 Å². The largest absolute Gasteiger partial charge is 0.387 e. The third-order valence-electron chi connectivity index (χ3n) is 2.32. The van der Waals surface area contributed by atoms with E-state index in [0.29, 0.717) is 0 Å². The Labute approximate surface area is 76.9 Å². The fraction of sp³-hybridized carbons (Fsp3) is 1.00. The van der Waals surface area contributed by atoms with E-state index in [9.17, 15) is 15.3 Å². The Morgan fingerprint density at radius 2 is 1.69 bits per heavy atom. The second-order valence-electron chi connectivity index (χ2n) is 3.75. The summed E-state index contributed by atoms with van der Waals surface area (Å²) in [6.45, 7) is 3.36. The molecule has 0 aliphatic carbocycles. The van der Waals surface area contributed by atoms with Gasteiger partial charge in [-0.3, -0.25) is 0 Å². The minimum absolute atomic E-state index is 0.647. The highest BCUT2D eigenvalue weighted by molar-refractivity contribution is 4.95. The van der Waals surface area contributed by atoms with Crippen LogP contribution in [0, 0.1) is 0 Å². The van der Waals surface area contributed by atoms with Crippen molar-refractivity contribution in [2.75, 3.05) is 7.11 Å². The summed E-state index contributed by atoms with van der Waals surface area (Å²) in [6, 6.07) is 0. The molecule has 0 radical (unpaired) electrons. The average molecular weight is 192 g/mol. The summed E-state index contributed by atoms with van der Waals surface area (Å²) in [7, 11) is 1.42. The molecule has 0 aromatic rings. The number of aliphatic hydroxyl groups is 3. The Morgan fingerprint density at radius 3 is 2.15 bits per heavy atom. The summed E-state index contributed by atoms with van der Waals surface area (Å²) in [4.78, 5) is 0. The van der Waals surface area contributed by atoms with Crippen molar-refractivity contribution in [3.63, 3.8) is 0 Å². The van der Waals surface area contributed by atoms with Gasteiger partial charge < -0.3 is 24.8 Å². The average Bonchev–Trinajstić information content (AvgIpc) is 2.00. The predicted octanol–water partition coefficient (Wildman–Crippen LogP) is -1.15. The monoisotopic (exact) mass is 192 g/mol. The number of rotatable bonds is 1. The van der Waals surface area contributed by atoms with E-state index in [1.807, 2.05) is 0 Å². The van der Waals surface area contributed by atoms with Crippen molar-refractivity contribution < 1.29 is 24.8 Å². The van der Waals surface area contributed by atoms with Crippen molar-refractivity contribution in [2.24, 2.45) is 0 Å². The van der Waals surface area contributed by atoms with E-state index < -0.39 is 30.2 Å². The number of hydrogen-bond donors (Lipinski definition) is 3. The quantitative estimate of drug-likeness (QED) is 0.489. The topological polar surface area (TPSA) is 79.2 Å². The highest BCUT2D eigenvalue weighted by Crippen LogP contribution is 2.30. The molecule has 0 aromatic heterocycles. The summed E-state index contributed by atoms with van der Waals surface area (Å²) in [5, 5.41) is 28.0. The zero-order chi connectivity index (χ0) is 10.2. The van der Waals surface area contributed by atoms with Gasteiger partial charge in [0.05, 0.1) is 5.60 Å². The van der Waals surface area contributed by atoms with Crippen LogP contribution in [0.2, 0.25) is 0 Å². The maximum atomic E-state index is 9.53. The van der Waals surface area contributed by atoms with Gasteiger partial charge in [-0.1, -0.05) is 0 Å². The van der Waals surface area contributed by atoms with Crippen LogP contribution in [0.4, 0.5) is 0 Å². The van der Waals surface area contributed by atoms with E-state index in [1.54, 1.807) is 13.8 Å². The molecule has 4 atom stereocenters. The Hall–Kier alpha value is -0.200. The van der Waals surface area contributed by atoms with Crippen LogP contribution >= 0.6 is 0 Å². The van der Waals surface area contributed by atoms with Crippen molar-refractivity contribution in [3.05, 3.63) is 0 Å². The normalized spacial score (nSPS) is 44.8. The molecule has 0 unspecified atom stereocenters. The molecule has 1 heterocycles. The molecule has 1 saturated heterocycles. The van der Waals surface area contributed by atoms with Gasteiger partial charge in [0, 0.05) is 7.11 Å². The second-order valence-corrected chi connectivity index (χ2v) is 3.75. The van der Waals surface area contributed by atoms with E-state index in [-0.39, 0.29) is 0 Å². The molecule has 0 spiro atoms.